The standard InChI is InChI=1S/C15H17N3OS/c1-9(10-3-7-12(19-2)8-4-10)13-14(16)18-15(20-13)17-11-5-6-11/h3-4,7-8,11H,1,5-6,16H2,2H3,(H,17,18). The summed E-state index contributed by atoms with van der Waals surface area (Å²) in [6.45, 7) is 4.14. The number of thiazole rings is 1. The number of aromatic nitrogens is 1. The van der Waals surface area contributed by atoms with Crippen LogP contribution in [0, 0.1) is 0 Å². The highest BCUT2D eigenvalue weighted by molar-refractivity contribution is 7.17. The number of rotatable bonds is 5. The Morgan fingerprint density at radius 2 is 2.10 bits per heavy atom. The summed E-state index contributed by atoms with van der Waals surface area (Å²) in [5.74, 6) is 1.37. The molecule has 1 aliphatic rings. The highest BCUT2D eigenvalue weighted by atomic mass is 32.1. The first-order valence-electron chi connectivity index (χ1n) is 6.54. The van der Waals surface area contributed by atoms with Crippen LogP contribution in [0.5, 0.6) is 5.75 Å². The van der Waals surface area contributed by atoms with Crippen molar-refractivity contribution in [3.05, 3.63) is 41.3 Å². The van der Waals surface area contributed by atoms with Crippen LogP contribution in [0.4, 0.5) is 10.9 Å². The van der Waals surface area contributed by atoms with Crippen LogP contribution in [-0.4, -0.2) is 18.1 Å². The van der Waals surface area contributed by atoms with Crippen molar-refractivity contribution in [3.63, 3.8) is 0 Å². The van der Waals surface area contributed by atoms with Crippen molar-refractivity contribution >= 4 is 27.9 Å². The number of benzene rings is 1. The van der Waals surface area contributed by atoms with Crippen molar-refractivity contribution in [2.45, 2.75) is 18.9 Å². The van der Waals surface area contributed by atoms with Gasteiger partial charge in [0, 0.05) is 6.04 Å². The molecule has 3 rings (SSSR count). The molecule has 1 fully saturated rings. The van der Waals surface area contributed by atoms with E-state index < -0.39 is 0 Å². The van der Waals surface area contributed by atoms with Crippen LogP contribution in [0.1, 0.15) is 23.3 Å². The summed E-state index contributed by atoms with van der Waals surface area (Å²) in [5.41, 5.74) is 7.93. The molecule has 1 aromatic heterocycles. The molecular formula is C15H17N3OS. The predicted molar refractivity (Wildman–Crippen MR) is 84.3 cm³/mol. The van der Waals surface area contributed by atoms with Gasteiger partial charge in [-0.15, -0.1) is 0 Å². The fourth-order valence-electron chi connectivity index (χ4n) is 1.94. The zero-order valence-electron chi connectivity index (χ0n) is 11.3. The van der Waals surface area contributed by atoms with Gasteiger partial charge in [0.1, 0.15) is 11.6 Å². The van der Waals surface area contributed by atoms with Crippen LogP contribution < -0.4 is 15.8 Å². The topological polar surface area (TPSA) is 60.2 Å². The molecular weight excluding hydrogens is 270 g/mol. The summed E-state index contributed by atoms with van der Waals surface area (Å²) in [5, 5.41) is 4.25. The molecule has 0 aliphatic heterocycles. The van der Waals surface area contributed by atoms with Crippen molar-refractivity contribution in [2.24, 2.45) is 0 Å². The van der Waals surface area contributed by atoms with Gasteiger partial charge in [-0.25, -0.2) is 4.98 Å². The maximum Gasteiger partial charge on any atom is 0.185 e. The number of nitrogen functional groups attached to an aromatic ring is 1. The van der Waals surface area contributed by atoms with Crippen LogP contribution >= 0.6 is 11.3 Å². The van der Waals surface area contributed by atoms with Gasteiger partial charge in [-0.1, -0.05) is 30.0 Å². The average molecular weight is 287 g/mol. The number of nitrogens with zero attached hydrogens (tertiary/aromatic N) is 1. The first kappa shape index (κ1) is 13.0. The summed E-state index contributed by atoms with van der Waals surface area (Å²) >= 11 is 1.56. The molecule has 104 valence electrons. The van der Waals surface area contributed by atoms with Gasteiger partial charge in [0.05, 0.1) is 12.0 Å². The molecule has 20 heavy (non-hydrogen) atoms. The van der Waals surface area contributed by atoms with Gasteiger partial charge in [-0.3, -0.25) is 0 Å². The zero-order chi connectivity index (χ0) is 14.1. The number of nitrogens with one attached hydrogen (secondary N) is 1. The van der Waals surface area contributed by atoms with Gasteiger partial charge >= 0.3 is 0 Å². The summed E-state index contributed by atoms with van der Waals surface area (Å²) in [6, 6.07) is 8.37. The minimum absolute atomic E-state index is 0.541. The molecule has 4 nitrogen and oxygen atoms in total. The third-order valence-corrected chi connectivity index (χ3v) is 4.33. The maximum absolute atomic E-state index is 6.01. The lowest BCUT2D eigenvalue weighted by molar-refractivity contribution is 0.415. The van der Waals surface area contributed by atoms with E-state index in [1.807, 2.05) is 24.3 Å². The third-order valence-electron chi connectivity index (χ3n) is 3.27. The summed E-state index contributed by atoms with van der Waals surface area (Å²) in [7, 11) is 1.65. The average Bonchev–Trinajstić information content (AvgIpc) is 3.20. The molecule has 1 heterocycles. The third kappa shape index (κ3) is 2.63. The van der Waals surface area contributed by atoms with E-state index in [0.717, 1.165) is 26.9 Å². The quantitative estimate of drug-likeness (QED) is 0.885. The number of ether oxygens (including phenoxy) is 1. The first-order valence-corrected chi connectivity index (χ1v) is 7.35. The Hall–Kier alpha value is -2.01. The molecule has 1 saturated carbocycles. The monoisotopic (exact) mass is 287 g/mol. The number of methoxy groups -OCH3 is 1. The van der Waals surface area contributed by atoms with Crippen molar-refractivity contribution in [3.8, 4) is 5.75 Å². The van der Waals surface area contributed by atoms with Crippen LogP contribution in [0.3, 0.4) is 0 Å². The highest BCUT2D eigenvalue weighted by Gasteiger charge is 2.23. The molecule has 5 heteroatoms. The molecule has 3 N–H and O–H groups in total. The van der Waals surface area contributed by atoms with Gasteiger partial charge in [-0.2, -0.15) is 0 Å². The summed E-state index contributed by atoms with van der Waals surface area (Å²) in [4.78, 5) is 5.30. The Bertz CT molecular complexity index is 629. The second-order valence-corrected chi connectivity index (χ2v) is 5.86. The second kappa shape index (κ2) is 5.17. The van der Waals surface area contributed by atoms with Gasteiger partial charge in [0.25, 0.3) is 0 Å². The first-order chi connectivity index (χ1) is 9.67. The molecule has 0 atom stereocenters. The highest BCUT2D eigenvalue weighted by Crippen LogP contribution is 2.36. The van der Waals surface area contributed by atoms with Gasteiger partial charge in [0.2, 0.25) is 0 Å². The SMILES string of the molecule is C=C(c1ccc(OC)cc1)c1sc(NC2CC2)nc1N. The lowest BCUT2D eigenvalue weighted by atomic mass is 10.1. The molecule has 0 unspecified atom stereocenters. The van der Waals surface area contributed by atoms with E-state index in [-0.39, 0.29) is 0 Å². The largest absolute Gasteiger partial charge is 0.497 e. The molecule has 0 saturated heterocycles. The van der Waals surface area contributed by atoms with Crippen LogP contribution in [0.15, 0.2) is 30.8 Å². The fourth-order valence-corrected chi connectivity index (χ4v) is 2.89. The lowest BCUT2D eigenvalue weighted by Crippen LogP contribution is -1.99. The van der Waals surface area contributed by atoms with E-state index >= 15 is 0 Å². The number of anilines is 2. The Morgan fingerprint density at radius 1 is 1.40 bits per heavy atom. The normalized spacial score (nSPS) is 14.1. The second-order valence-electron chi connectivity index (χ2n) is 4.86. The van der Waals surface area contributed by atoms with Crippen LogP contribution in [0.25, 0.3) is 5.57 Å². The molecule has 2 aromatic rings. The van der Waals surface area contributed by atoms with Crippen molar-refractivity contribution in [1.82, 2.24) is 4.98 Å². The van der Waals surface area contributed by atoms with E-state index in [2.05, 4.69) is 16.9 Å². The maximum atomic E-state index is 6.01. The van der Waals surface area contributed by atoms with Crippen molar-refractivity contribution in [2.75, 3.05) is 18.2 Å². The Balaban J connectivity index is 1.82. The Labute approximate surface area is 122 Å². The molecule has 0 spiro atoms. The minimum Gasteiger partial charge on any atom is -0.497 e. The summed E-state index contributed by atoms with van der Waals surface area (Å²) < 4.78 is 5.16. The Morgan fingerprint density at radius 3 is 2.70 bits per heavy atom. The smallest absolute Gasteiger partial charge is 0.185 e. The van der Waals surface area contributed by atoms with E-state index in [1.54, 1.807) is 18.4 Å². The number of nitrogens with two attached hydrogens (primary N) is 1. The molecule has 0 radical (unpaired) electrons. The van der Waals surface area contributed by atoms with E-state index in [0.29, 0.717) is 11.9 Å². The minimum atomic E-state index is 0.541. The Kier molecular flexibility index (Phi) is 3.36. The number of hydrogen-bond donors (Lipinski definition) is 2. The predicted octanol–water partition coefficient (Wildman–Crippen LogP) is 3.37. The van der Waals surface area contributed by atoms with Crippen LogP contribution in [-0.2, 0) is 0 Å². The molecule has 1 aliphatic carbocycles. The van der Waals surface area contributed by atoms with Crippen LogP contribution in [0.2, 0.25) is 0 Å². The van der Waals surface area contributed by atoms with Gasteiger partial charge < -0.3 is 15.8 Å². The number of hydrogen-bond acceptors (Lipinski definition) is 5. The lowest BCUT2D eigenvalue weighted by Gasteiger charge is -2.05. The molecule has 0 bridgehead atoms. The van der Waals surface area contributed by atoms with Gasteiger partial charge in [0.15, 0.2) is 5.13 Å². The molecule has 0 amide bonds. The van der Waals surface area contributed by atoms with Gasteiger partial charge in [-0.05, 0) is 36.1 Å². The molecule has 1 aromatic carbocycles. The van der Waals surface area contributed by atoms with Crippen molar-refractivity contribution < 1.29 is 4.74 Å². The summed E-state index contributed by atoms with van der Waals surface area (Å²) in [6.07, 6.45) is 2.43. The fraction of sp³-hybridized carbons (Fsp3) is 0.267. The van der Waals surface area contributed by atoms with E-state index in [1.165, 1.54) is 12.8 Å². The van der Waals surface area contributed by atoms with E-state index in [4.69, 9.17) is 10.5 Å². The van der Waals surface area contributed by atoms with Crippen molar-refractivity contribution in [1.29, 1.82) is 0 Å². The zero-order valence-corrected chi connectivity index (χ0v) is 12.2. The van der Waals surface area contributed by atoms with E-state index in [9.17, 15) is 0 Å².